The zero-order valence-corrected chi connectivity index (χ0v) is 17.4. The SMILES string of the molecule is Cl.Cl.NC(CCCCB(O)O)(C(=O)O)[C@H]1C[C@@H](NCc2ccc(Cl)cc2)C1. The smallest absolute Gasteiger partial charge is 0.451 e. The predicted molar refractivity (Wildman–Crippen MR) is 113 cm³/mol. The van der Waals surface area contributed by atoms with Gasteiger partial charge in [0.05, 0.1) is 0 Å². The standard InChI is InChI=1S/C17H26BClN2O4.2ClH/c19-14-5-3-12(4-6-14)11-21-15-9-13(10-15)17(20,16(22)23)7-1-2-8-18(24)25;;/h3-6,13,15,21,24-25H,1-2,7-11,20H2,(H,22,23);2*1H/t13-,15+,17?;;. The molecule has 0 bridgehead atoms. The summed E-state index contributed by atoms with van der Waals surface area (Å²) in [5.74, 6) is -1.04. The molecule has 1 fully saturated rings. The van der Waals surface area contributed by atoms with E-state index in [-0.39, 0.29) is 43.1 Å². The molecule has 10 heteroatoms. The molecule has 0 saturated heterocycles. The molecule has 0 radical (unpaired) electrons. The number of nitrogens with one attached hydrogen (secondary N) is 1. The topological polar surface area (TPSA) is 116 Å². The van der Waals surface area contributed by atoms with E-state index in [0.717, 1.165) is 18.4 Å². The first-order valence-electron chi connectivity index (χ1n) is 8.67. The van der Waals surface area contributed by atoms with Crippen molar-refractivity contribution >= 4 is 49.5 Å². The minimum absolute atomic E-state index is 0. The molecule has 0 amide bonds. The zero-order valence-electron chi connectivity index (χ0n) is 15.0. The van der Waals surface area contributed by atoms with Crippen molar-refractivity contribution in [1.82, 2.24) is 5.32 Å². The van der Waals surface area contributed by atoms with E-state index < -0.39 is 18.6 Å². The third-order valence-corrected chi connectivity index (χ3v) is 5.33. The molecule has 0 aromatic heterocycles. The molecular formula is C17H28BCl3N2O4. The normalized spacial score (nSPS) is 20.4. The molecule has 154 valence electrons. The molecule has 1 saturated carbocycles. The van der Waals surface area contributed by atoms with Gasteiger partial charge in [-0.05, 0) is 49.2 Å². The summed E-state index contributed by atoms with van der Waals surface area (Å²) in [4.78, 5) is 11.6. The van der Waals surface area contributed by atoms with Crippen LogP contribution in [0.3, 0.4) is 0 Å². The lowest BCUT2D eigenvalue weighted by atomic mass is 9.66. The van der Waals surface area contributed by atoms with Gasteiger partial charge in [0.2, 0.25) is 0 Å². The number of aliphatic carboxylic acids is 1. The molecule has 6 nitrogen and oxygen atoms in total. The van der Waals surface area contributed by atoms with Gasteiger partial charge in [0.1, 0.15) is 5.54 Å². The maximum Gasteiger partial charge on any atom is 0.451 e. The molecule has 1 aliphatic rings. The number of nitrogens with two attached hydrogens (primary N) is 1. The first-order valence-corrected chi connectivity index (χ1v) is 9.05. The van der Waals surface area contributed by atoms with Crippen LogP contribution in [0, 0.1) is 5.92 Å². The molecule has 1 unspecified atom stereocenters. The van der Waals surface area contributed by atoms with Gasteiger partial charge in [-0.1, -0.05) is 36.6 Å². The third-order valence-electron chi connectivity index (χ3n) is 5.08. The number of carboxylic acid groups (broad SMARTS) is 1. The van der Waals surface area contributed by atoms with Crippen LogP contribution < -0.4 is 11.1 Å². The molecule has 1 aromatic carbocycles. The van der Waals surface area contributed by atoms with Crippen molar-refractivity contribution in [3.8, 4) is 0 Å². The number of halogens is 3. The minimum Gasteiger partial charge on any atom is -0.480 e. The van der Waals surface area contributed by atoms with E-state index in [0.29, 0.717) is 30.8 Å². The molecule has 1 atom stereocenters. The van der Waals surface area contributed by atoms with Crippen LogP contribution in [0.5, 0.6) is 0 Å². The van der Waals surface area contributed by atoms with E-state index in [1.807, 2.05) is 24.3 Å². The monoisotopic (exact) mass is 440 g/mol. The van der Waals surface area contributed by atoms with Crippen molar-refractivity contribution < 1.29 is 19.9 Å². The Bertz CT molecular complexity index is 574. The van der Waals surface area contributed by atoms with Gasteiger partial charge >= 0.3 is 13.1 Å². The number of carbonyl (C=O) groups is 1. The summed E-state index contributed by atoms with van der Waals surface area (Å²) in [6.07, 6.45) is 3.18. The second kappa shape index (κ2) is 12.1. The Labute approximate surface area is 177 Å². The zero-order chi connectivity index (χ0) is 18.4. The highest BCUT2D eigenvalue weighted by Gasteiger charge is 2.47. The molecule has 27 heavy (non-hydrogen) atoms. The highest BCUT2D eigenvalue weighted by atomic mass is 35.5. The molecule has 1 aliphatic carbocycles. The maximum atomic E-state index is 11.6. The Balaban J connectivity index is 0.00000338. The molecule has 2 rings (SSSR count). The van der Waals surface area contributed by atoms with Crippen LogP contribution in [0.4, 0.5) is 0 Å². The largest absolute Gasteiger partial charge is 0.480 e. The first kappa shape index (κ1) is 26.5. The highest BCUT2D eigenvalue weighted by molar-refractivity contribution is 6.40. The second-order valence-electron chi connectivity index (χ2n) is 6.94. The van der Waals surface area contributed by atoms with E-state index >= 15 is 0 Å². The van der Waals surface area contributed by atoms with Gasteiger partial charge in [-0.2, -0.15) is 0 Å². The van der Waals surface area contributed by atoms with E-state index in [9.17, 15) is 9.90 Å². The molecular weight excluding hydrogens is 413 g/mol. The van der Waals surface area contributed by atoms with Crippen molar-refractivity contribution in [2.24, 2.45) is 11.7 Å². The quantitative estimate of drug-likeness (QED) is 0.281. The minimum atomic E-state index is -1.35. The van der Waals surface area contributed by atoms with E-state index in [2.05, 4.69) is 5.32 Å². The van der Waals surface area contributed by atoms with Crippen LogP contribution >= 0.6 is 36.4 Å². The summed E-state index contributed by atoms with van der Waals surface area (Å²) in [5, 5.41) is 31.4. The Kier molecular flexibility index (Phi) is 11.9. The van der Waals surface area contributed by atoms with E-state index in [1.165, 1.54) is 0 Å². The van der Waals surface area contributed by atoms with Crippen molar-refractivity contribution in [3.05, 3.63) is 34.9 Å². The lowest BCUT2D eigenvalue weighted by Gasteiger charge is -2.45. The number of unbranched alkanes of at least 4 members (excludes halogenated alkanes) is 1. The van der Waals surface area contributed by atoms with Crippen LogP contribution in [-0.4, -0.2) is 39.8 Å². The van der Waals surface area contributed by atoms with Gasteiger partial charge in [0, 0.05) is 17.6 Å². The predicted octanol–water partition coefficient (Wildman–Crippen LogP) is 2.48. The first-order chi connectivity index (χ1) is 11.8. The number of hydrogen-bond acceptors (Lipinski definition) is 5. The lowest BCUT2D eigenvalue weighted by Crippen LogP contribution is -2.61. The maximum absolute atomic E-state index is 11.6. The van der Waals surface area contributed by atoms with E-state index in [4.69, 9.17) is 27.4 Å². The van der Waals surface area contributed by atoms with Gasteiger partial charge in [0.25, 0.3) is 0 Å². The number of hydrogen-bond donors (Lipinski definition) is 5. The molecule has 0 aliphatic heterocycles. The van der Waals surface area contributed by atoms with Crippen molar-refractivity contribution in [2.45, 2.75) is 56.5 Å². The van der Waals surface area contributed by atoms with Crippen LogP contribution in [0.25, 0.3) is 0 Å². The fourth-order valence-electron chi connectivity index (χ4n) is 3.30. The summed E-state index contributed by atoms with van der Waals surface area (Å²) in [6, 6.07) is 7.89. The Morgan fingerprint density at radius 1 is 1.22 bits per heavy atom. The van der Waals surface area contributed by atoms with Crippen LogP contribution in [0.15, 0.2) is 24.3 Å². The van der Waals surface area contributed by atoms with Crippen LogP contribution in [-0.2, 0) is 11.3 Å². The van der Waals surface area contributed by atoms with Gasteiger partial charge in [-0.15, -0.1) is 24.8 Å². The second-order valence-corrected chi connectivity index (χ2v) is 7.38. The molecule has 6 N–H and O–H groups in total. The highest BCUT2D eigenvalue weighted by Crippen LogP contribution is 2.38. The summed E-state index contributed by atoms with van der Waals surface area (Å²) in [7, 11) is -1.35. The third kappa shape index (κ3) is 7.78. The van der Waals surface area contributed by atoms with Crippen LogP contribution in [0.1, 0.15) is 37.7 Å². The Morgan fingerprint density at radius 3 is 2.33 bits per heavy atom. The molecule has 0 heterocycles. The summed E-state index contributed by atoms with van der Waals surface area (Å²) < 4.78 is 0. The Hall–Kier alpha value is -0.535. The lowest BCUT2D eigenvalue weighted by molar-refractivity contribution is -0.148. The fourth-order valence-corrected chi connectivity index (χ4v) is 3.43. The molecule has 0 spiro atoms. The number of carboxylic acids is 1. The Morgan fingerprint density at radius 2 is 1.81 bits per heavy atom. The van der Waals surface area contributed by atoms with Gasteiger partial charge in [-0.3, -0.25) is 4.79 Å². The van der Waals surface area contributed by atoms with Crippen LogP contribution in [0.2, 0.25) is 11.3 Å². The molecule has 1 aromatic rings. The van der Waals surface area contributed by atoms with Gasteiger partial charge in [0.15, 0.2) is 0 Å². The average Bonchev–Trinajstić information content (AvgIpc) is 2.51. The fraction of sp³-hybridized carbons (Fsp3) is 0.588. The summed E-state index contributed by atoms with van der Waals surface area (Å²) >= 11 is 5.86. The van der Waals surface area contributed by atoms with Crippen molar-refractivity contribution in [3.63, 3.8) is 0 Å². The van der Waals surface area contributed by atoms with Crippen molar-refractivity contribution in [2.75, 3.05) is 0 Å². The van der Waals surface area contributed by atoms with Gasteiger partial charge < -0.3 is 26.2 Å². The summed E-state index contributed by atoms with van der Waals surface area (Å²) in [5.41, 5.74) is 6.08. The average molecular weight is 442 g/mol. The number of rotatable bonds is 10. The van der Waals surface area contributed by atoms with Gasteiger partial charge in [-0.25, -0.2) is 0 Å². The number of benzene rings is 1. The van der Waals surface area contributed by atoms with Crippen molar-refractivity contribution in [1.29, 1.82) is 0 Å². The summed E-state index contributed by atoms with van der Waals surface area (Å²) in [6.45, 7) is 0.716. The van der Waals surface area contributed by atoms with E-state index in [1.54, 1.807) is 0 Å².